The molecule has 0 heterocycles. The second-order valence-electron chi connectivity index (χ2n) is 13.1. The Morgan fingerprint density at radius 2 is 1.72 bits per heavy atom. The van der Waals surface area contributed by atoms with Crippen molar-refractivity contribution in [3.8, 4) is 0 Å². The first-order valence-electron chi connectivity index (χ1n) is 13.8. The van der Waals surface area contributed by atoms with Crippen LogP contribution in [0.2, 0.25) is 0 Å². The number of aliphatic hydroxyl groups excluding tert-OH is 3. The van der Waals surface area contributed by atoms with Crippen LogP contribution >= 0.6 is 0 Å². The third kappa shape index (κ3) is 3.93. The second-order valence-corrected chi connectivity index (χ2v) is 13.1. The van der Waals surface area contributed by atoms with E-state index in [1.807, 2.05) is 0 Å². The van der Waals surface area contributed by atoms with Crippen LogP contribution in [-0.4, -0.2) is 33.6 Å². The Bertz CT molecular complexity index is 701. The summed E-state index contributed by atoms with van der Waals surface area (Å²) in [5, 5.41) is 33.0. The van der Waals surface area contributed by atoms with Crippen LogP contribution in [0.15, 0.2) is 11.6 Å². The Morgan fingerprint density at radius 1 is 1.00 bits per heavy atom. The summed E-state index contributed by atoms with van der Waals surface area (Å²) >= 11 is 0. The normalized spacial score (nSPS) is 47.9. The summed E-state index contributed by atoms with van der Waals surface area (Å²) in [4.78, 5) is 0. The van der Waals surface area contributed by atoms with E-state index in [0.717, 1.165) is 43.9 Å². The molecule has 0 aromatic rings. The topological polar surface area (TPSA) is 60.7 Å². The van der Waals surface area contributed by atoms with Gasteiger partial charge >= 0.3 is 0 Å². The van der Waals surface area contributed by atoms with Crippen molar-refractivity contribution in [3.63, 3.8) is 0 Å². The highest BCUT2D eigenvalue weighted by Gasteiger charge is 2.63. The summed E-state index contributed by atoms with van der Waals surface area (Å²) in [6, 6.07) is 0. The molecule has 4 rings (SSSR count). The van der Waals surface area contributed by atoms with Crippen LogP contribution in [0.5, 0.6) is 0 Å². The molecule has 11 atom stereocenters. The van der Waals surface area contributed by atoms with Crippen molar-refractivity contribution in [2.45, 2.75) is 118 Å². The number of aliphatic hydroxyl groups is 3. The van der Waals surface area contributed by atoms with Gasteiger partial charge < -0.3 is 15.3 Å². The van der Waals surface area contributed by atoms with Gasteiger partial charge in [0.1, 0.15) is 0 Å². The maximum Gasteiger partial charge on any atom is 0.0757 e. The second kappa shape index (κ2) is 9.00. The van der Waals surface area contributed by atoms with E-state index in [9.17, 15) is 15.3 Å². The Kier molecular flexibility index (Phi) is 6.96. The molecular formula is C29H50O3. The minimum atomic E-state index is -0.426. The average Bonchev–Trinajstić information content (AvgIpc) is 2.99. The summed E-state index contributed by atoms with van der Waals surface area (Å²) in [5.74, 6) is 3.51. The first-order chi connectivity index (χ1) is 15.0. The first kappa shape index (κ1) is 24.7. The highest BCUT2D eigenvalue weighted by molar-refractivity contribution is 5.28. The van der Waals surface area contributed by atoms with Crippen molar-refractivity contribution < 1.29 is 15.3 Å². The van der Waals surface area contributed by atoms with E-state index >= 15 is 0 Å². The van der Waals surface area contributed by atoms with E-state index in [1.165, 1.54) is 31.3 Å². The highest BCUT2D eigenvalue weighted by atomic mass is 16.3. The van der Waals surface area contributed by atoms with Crippen molar-refractivity contribution in [3.05, 3.63) is 11.6 Å². The molecule has 0 spiro atoms. The molecule has 4 aliphatic rings. The highest BCUT2D eigenvalue weighted by Crippen LogP contribution is 2.67. The molecule has 0 aromatic heterocycles. The molecule has 0 aliphatic heterocycles. The lowest BCUT2D eigenvalue weighted by atomic mass is 9.46. The van der Waals surface area contributed by atoms with Crippen LogP contribution in [0.4, 0.5) is 0 Å². The number of fused-ring (bicyclic) bond motifs is 5. The molecule has 3 fully saturated rings. The largest absolute Gasteiger partial charge is 0.393 e. The van der Waals surface area contributed by atoms with Crippen LogP contribution in [0.25, 0.3) is 0 Å². The fourth-order valence-corrected chi connectivity index (χ4v) is 9.38. The number of rotatable bonds is 6. The Morgan fingerprint density at radius 3 is 2.38 bits per heavy atom. The van der Waals surface area contributed by atoms with Gasteiger partial charge in [-0.2, -0.15) is 0 Å². The third-order valence-corrected chi connectivity index (χ3v) is 11.3. The smallest absolute Gasteiger partial charge is 0.0757 e. The molecular weight excluding hydrogens is 396 g/mol. The molecule has 0 bridgehead atoms. The van der Waals surface area contributed by atoms with E-state index in [0.29, 0.717) is 23.7 Å². The summed E-state index contributed by atoms with van der Waals surface area (Å²) < 4.78 is 0. The van der Waals surface area contributed by atoms with Gasteiger partial charge in [-0.3, -0.25) is 0 Å². The zero-order valence-electron chi connectivity index (χ0n) is 21.6. The maximum absolute atomic E-state index is 11.4. The van der Waals surface area contributed by atoms with Gasteiger partial charge in [-0.05, 0) is 97.2 Å². The molecule has 0 unspecified atom stereocenters. The standard InChI is InChI=1S/C29H50O3/c1-7-19(17(2)3)9-8-18(4)27-25(32)16-23-26-22(11-13-29(23,27)6)28(5)12-10-21(30)14-20(28)15-24(26)31/h15,17-19,21-27,30-32H,7-14,16H2,1-6H3/t18-,19-,21+,22+,23+,24-,25-,26-,27+,28+,29+/m1/s1. The van der Waals surface area contributed by atoms with E-state index in [-0.39, 0.29) is 29.0 Å². The molecule has 3 N–H and O–H groups in total. The van der Waals surface area contributed by atoms with E-state index in [4.69, 9.17) is 0 Å². The van der Waals surface area contributed by atoms with Crippen LogP contribution in [0.3, 0.4) is 0 Å². The van der Waals surface area contributed by atoms with Crippen LogP contribution in [0.1, 0.15) is 99.3 Å². The molecule has 3 saturated carbocycles. The van der Waals surface area contributed by atoms with Crippen molar-refractivity contribution in [2.75, 3.05) is 0 Å². The maximum atomic E-state index is 11.4. The Hall–Kier alpha value is -0.380. The zero-order valence-corrected chi connectivity index (χ0v) is 21.6. The van der Waals surface area contributed by atoms with Gasteiger partial charge in [-0.1, -0.05) is 66.0 Å². The molecule has 0 amide bonds. The fraction of sp³-hybridized carbons (Fsp3) is 0.931. The molecule has 4 aliphatic carbocycles. The SMILES string of the molecule is CC[C@H](CC[C@@H](C)[C@H]1[C@H](O)C[C@H]2[C@@H]3[C@H](O)C=C4C[C@@H](O)CC[C@]4(C)[C@H]3CC[C@]12C)C(C)C. The quantitative estimate of drug-likeness (QED) is 0.441. The summed E-state index contributed by atoms with van der Waals surface area (Å²) in [6.07, 6.45) is 10.7. The van der Waals surface area contributed by atoms with Crippen molar-refractivity contribution in [1.82, 2.24) is 0 Å². The summed E-state index contributed by atoms with van der Waals surface area (Å²) in [5.41, 5.74) is 1.54. The number of hydrogen-bond donors (Lipinski definition) is 3. The van der Waals surface area contributed by atoms with Crippen molar-refractivity contribution >= 4 is 0 Å². The average molecular weight is 447 g/mol. The lowest BCUT2D eigenvalue weighted by Crippen LogP contribution is -2.55. The van der Waals surface area contributed by atoms with Gasteiger partial charge in [-0.15, -0.1) is 0 Å². The molecule has 184 valence electrons. The van der Waals surface area contributed by atoms with Gasteiger partial charge in [0.25, 0.3) is 0 Å². The van der Waals surface area contributed by atoms with Gasteiger partial charge in [0, 0.05) is 0 Å². The van der Waals surface area contributed by atoms with Gasteiger partial charge in [0.05, 0.1) is 18.3 Å². The Balaban J connectivity index is 1.56. The summed E-state index contributed by atoms with van der Waals surface area (Å²) in [7, 11) is 0. The Labute approximate surface area is 197 Å². The number of hydrogen-bond acceptors (Lipinski definition) is 3. The van der Waals surface area contributed by atoms with Crippen molar-refractivity contribution in [2.24, 2.45) is 52.3 Å². The predicted octanol–water partition coefficient (Wildman–Crippen LogP) is 5.97. The van der Waals surface area contributed by atoms with Crippen molar-refractivity contribution in [1.29, 1.82) is 0 Å². The van der Waals surface area contributed by atoms with E-state index in [1.54, 1.807) is 0 Å². The van der Waals surface area contributed by atoms with Crippen LogP contribution in [-0.2, 0) is 0 Å². The lowest BCUT2D eigenvalue weighted by Gasteiger charge is -2.59. The first-order valence-corrected chi connectivity index (χ1v) is 13.8. The van der Waals surface area contributed by atoms with E-state index < -0.39 is 6.10 Å². The molecule has 3 nitrogen and oxygen atoms in total. The lowest BCUT2D eigenvalue weighted by molar-refractivity contribution is -0.0989. The van der Waals surface area contributed by atoms with Crippen LogP contribution in [0, 0.1) is 52.3 Å². The van der Waals surface area contributed by atoms with Gasteiger partial charge in [0.2, 0.25) is 0 Å². The molecule has 0 radical (unpaired) electrons. The molecule has 3 heteroatoms. The molecule has 32 heavy (non-hydrogen) atoms. The third-order valence-electron chi connectivity index (χ3n) is 11.3. The van der Waals surface area contributed by atoms with Crippen LogP contribution < -0.4 is 0 Å². The van der Waals surface area contributed by atoms with Gasteiger partial charge in [-0.25, -0.2) is 0 Å². The van der Waals surface area contributed by atoms with Gasteiger partial charge in [0.15, 0.2) is 0 Å². The monoisotopic (exact) mass is 446 g/mol. The minimum absolute atomic E-state index is 0.116. The molecule has 0 aromatic carbocycles. The molecule has 0 saturated heterocycles. The predicted molar refractivity (Wildman–Crippen MR) is 131 cm³/mol. The fourth-order valence-electron chi connectivity index (χ4n) is 9.38. The van der Waals surface area contributed by atoms with E-state index in [2.05, 4.69) is 47.6 Å². The summed E-state index contributed by atoms with van der Waals surface area (Å²) in [6.45, 7) is 14.2. The minimum Gasteiger partial charge on any atom is -0.393 e. The zero-order chi connectivity index (χ0) is 23.4.